The molecular formula is C19H29N3O3S. The monoisotopic (exact) mass is 379 g/mol. The molecule has 26 heavy (non-hydrogen) atoms. The van der Waals surface area contributed by atoms with Crippen LogP contribution in [0.25, 0.3) is 0 Å². The number of aryl methyl sites for hydroxylation is 1. The fourth-order valence-electron chi connectivity index (χ4n) is 3.90. The van der Waals surface area contributed by atoms with Crippen LogP contribution in [0.5, 0.6) is 0 Å². The Bertz CT molecular complexity index is 740. The van der Waals surface area contributed by atoms with Crippen molar-refractivity contribution in [2.24, 2.45) is 5.92 Å². The fraction of sp³-hybridized carbons (Fsp3) is 0.632. The van der Waals surface area contributed by atoms with Gasteiger partial charge in [0, 0.05) is 26.2 Å². The van der Waals surface area contributed by atoms with Crippen molar-refractivity contribution in [1.82, 2.24) is 14.1 Å². The molecule has 1 atom stereocenters. The standard InChI is InChI=1S/C19H29N3O3S/c1-15(2)18-21(19(23)20-11-5-4-6-12-20)13-14-22(18)26(24,25)17-9-7-16(3)8-10-17/h7-10,15,18H,4-6,11-14H2,1-3H3. The molecule has 144 valence electrons. The third kappa shape index (κ3) is 3.60. The van der Waals surface area contributed by atoms with Gasteiger partial charge in [0.1, 0.15) is 6.17 Å². The van der Waals surface area contributed by atoms with Crippen LogP contribution in [0, 0.1) is 12.8 Å². The van der Waals surface area contributed by atoms with E-state index in [0.29, 0.717) is 18.0 Å². The van der Waals surface area contributed by atoms with Crippen molar-refractivity contribution < 1.29 is 13.2 Å². The highest BCUT2D eigenvalue weighted by Gasteiger charge is 2.44. The zero-order valence-corrected chi connectivity index (χ0v) is 16.7. The van der Waals surface area contributed by atoms with Crippen molar-refractivity contribution in [2.45, 2.75) is 51.1 Å². The Morgan fingerprint density at radius 1 is 1.00 bits per heavy atom. The topological polar surface area (TPSA) is 60.9 Å². The van der Waals surface area contributed by atoms with Gasteiger partial charge in [0.05, 0.1) is 4.90 Å². The summed E-state index contributed by atoms with van der Waals surface area (Å²) >= 11 is 0. The van der Waals surface area contributed by atoms with Crippen molar-refractivity contribution in [3.05, 3.63) is 29.8 Å². The van der Waals surface area contributed by atoms with E-state index in [-0.39, 0.29) is 11.9 Å². The van der Waals surface area contributed by atoms with Gasteiger partial charge in [-0.2, -0.15) is 4.31 Å². The minimum atomic E-state index is -3.63. The number of sulfonamides is 1. The lowest BCUT2D eigenvalue weighted by atomic mass is 10.1. The molecule has 0 radical (unpaired) electrons. The molecule has 0 aliphatic carbocycles. The fourth-order valence-corrected chi connectivity index (χ4v) is 5.62. The molecule has 0 aromatic heterocycles. The molecule has 0 spiro atoms. The van der Waals surface area contributed by atoms with Gasteiger partial charge in [-0.25, -0.2) is 13.2 Å². The lowest BCUT2D eigenvalue weighted by Crippen LogP contribution is -2.52. The number of nitrogens with zero attached hydrogens (tertiary/aromatic N) is 3. The summed E-state index contributed by atoms with van der Waals surface area (Å²) in [7, 11) is -3.63. The molecule has 2 aliphatic heterocycles. The quantitative estimate of drug-likeness (QED) is 0.811. The van der Waals surface area contributed by atoms with Crippen LogP contribution in [0.2, 0.25) is 0 Å². The average Bonchev–Trinajstić information content (AvgIpc) is 3.08. The van der Waals surface area contributed by atoms with Crippen LogP contribution in [-0.2, 0) is 10.0 Å². The number of likely N-dealkylation sites (tertiary alicyclic amines) is 1. The van der Waals surface area contributed by atoms with Gasteiger partial charge >= 0.3 is 6.03 Å². The maximum absolute atomic E-state index is 13.2. The second-order valence-corrected chi connectivity index (χ2v) is 9.50. The van der Waals surface area contributed by atoms with Gasteiger partial charge < -0.3 is 9.80 Å². The van der Waals surface area contributed by atoms with E-state index in [9.17, 15) is 13.2 Å². The Labute approximate surface area is 156 Å². The molecule has 1 unspecified atom stereocenters. The average molecular weight is 380 g/mol. The van der Waals surface area contributed by atoms with Gasteiger partial charge in [-0.1, -0.05) is 31.5 Å². The predicted octanol–water partition coefficient (Wildman–Crippen LogP) is 2.89. The van der Waals surface area contributed by atoms with E-state index in [1.165, 1.54) is 4.31 Å². The summed E-state index contributed by atoms with van der Waals surface area (Å²) in [4.78, 5) is 16.9. The first-order valence-corrected chi connectivity index (χ1v) is 10.9. The molecule has 6 nitrogen and oxygen atoms in total. The van der Waals surface area contributed by atoms with Crippen LogP contribution in [0.1, 0.15) is 38.7 Å². The van der Waals surface area contributed by atoms with E-state index in [0.717, 1.165) is 37.9 Å². The molecule has 2 heterocycles. The smallest absolute Gasteiger partial charge is 0.321 e. The Kier molecular flexibility index (Phi) is 5.58. The second-order valence-electron chi connectivity index (χ2n) is 7.61. The van der Waals surface area contributed by atoms with E-state index in [1.807, 2.05) is 37.8 Å². The predicted molar refractivity (Wildman–Crippen MR) is 101 cm³/mol. The highest BCUT2D eigenvalue weighted by atomic mass is 32.2. The number of rotatable bonds is 3. The number of benzene rings is 1. The molecule has 0 saturated carbocycles. The van der Waals surface area contributed by atoms with Crippen LogP contribution in [0.3, 0.4) is 0 Å². The molecule has 2 amide bonds. The molecule has 2 saturated heterocycles. The van der Waals surface area contributed by atoms with Gasteiger partial charge in [-0.3, -0.25) is 0 Å². The Morgan fingerprint density at radius 3 is 2.19 bits per heavy atom. The summed E-state index contributed by atoms with van der Waals surface area (Å²) < 4.78 is 27.9. The number of piperidine rings is 1. The molecule has 7 heteroatoms. The largest absolute Gasteiger partial charge is 0.325 e. The van der Waals surface area contributed by atoms with Crippen molar-refractivity contribution in [3.8, 4) is 0 Å². The second kappa shape index (κ2) is 7.56. The molecule has 0 N–H and O–H groups in total. The molecule has 2 aliphatic rings. The highest BCUT2D eigenvalue weighted by Crippen LogP contribution is 2.30. The number of carbonyl (C=O) groups excluding carboxylic acids is 1. The number of hydrogen-bond donors (Lipinski definition) is 0. The first-order chi connectivity index (χ1) is 12.3. The van der Waals surface area contributed by atoms with E-state index < -0.39 is 16.2 Å². The summed E-state index contributed by atoms with van der Waals surface area (Å²) in [6, 6.07) is 6.90. The van der Waals surface area contributed by atoms with Crippen molar-refractivity contribution in [1.29, 1.82) is 0 Å². The minimum Gasteiger partial charge on any atom is -0.325 e. The molecule has 1 aromatic rings. The van der Waals surface area contributed by atoms with Crippen molar-refractivity contribution in [2.75, 3.05) is 26.2 Å². The van der Waals surface area contributed by atoms with Gasteiger partial charge in [-0.05, 0) is 44.2 Å². The molecule has 3 rings (SSSR count). The molecule has 0 bridgehead atoms. The third-order valence-corrected chi connectivity index (χ3v) is 7.16. The maximum atomic E-state index is 13.2. The first-order valence-electron chi connectivity index (χ1n) is 9.46. The molecule has 1 aromatic carbocycles. The normalized spacial score (nSPS) is 22.2. The zero-order chi connectivity index (χ0) is 18.9. The number of hydrogen-bond acceptors (Lipinski definition) is 3. The number of urea groups is 1. The van der Waals surface area contributed by atoms with E-state index in [1.54, 1.807) is 17.0 Å². The van der Waals surface area contributed by atoms with Crippen LogP contribution in [0.4, 0.5) is 4.79 Å². The maximum Gasteiger partial charge on any atom is 0.321 e. The van der Waals surface area contributed by atoms with Gasteiger partial charge in [-0.15, -0.1) is 0 Å². The Balaban J connectivity index is 1.86. The van der Waals surface area contributed by atoms with E-state index in [4.69, 9.17) is 0 Å². The summed E-state index contributed by atoms with van der Waals surface area (Å²) in [5.74, 6) is 0.0199. The molecular weight excluding hydrogens is 350 g/mol. The van der Waals surface area contributed by atoms with Gasteiger partial charge in [0.25, 0.3) is 0 Å². The van der Waals surface area contributed by atoms with Crippen LogP contribution < -0.4 is 0 Å². The van der Waals surface area contributed by atoms with Crippen LogP contribution in [-0.4, -0.2) is 60.9 Å². The van der Waals surface area contributed by atoms with Gasteiger partial charge in [0.15, 0.2) is 0 Å². The van der Waals surface area contributed by atoms with Crippen molar-refractivity contribution in [3.63, 3.8) is 0 Å². The molecule has 2 fully saturated rings. The third-order valence-electron chi connectivity index (χ3n) is 5.27. The SMILES string of the molecule is Cc1ccc(S(=O)(=O)N2CCN(C(=O)N3CCCCC3)C2C(C)C)cc1. The highest BCUT2D eigenvalue weighted by molar-refractivity contribution is 7.89. The van der Waals surface area contributed by atoms with E-state index >= 15 is 0 Å². The number of carbonyl (C=O) groups is 1. The summed E-state index contributed by atoms with van der Waals surface area (Å²) in [5.41, 5.74) is 1.02. The lowest BCUT2D eigenvalue weighted by Gasteiger charge is -2.37. The van der Waals surface area contributed by atoms with E-state index in [2.05, 4.69) is 0 Å². The van der Waals surface area contributed by atoms with Crippen molar-refractivity contribution >= 4 is 16.1 Å². The summed E-state index contributed by atoms with van der Waals surface area (Å²) in [6.07, 6.45) is 2.77. The van der Waals surface area contributed by atoms with Gasteiger partial charge in [0.2, 0.25) is 10.0 Å². The van der Waals surface area contributed by atoms with Crippen LogP contribution >= 0.6 is 0 Å². The summed E-state index contributed by atoms with van der Waals surface area (Å²) in [6.45, 7) is 8.22. The van der Waals surface area contributed by atoms with Crippen LogP contribution in [0.15, 0.2) is 29.2 Å². The first kappa shape index (κ1) is 19.2. The Hall–Kier alpha value is -1.60. The summed E-state index contributed by atoms with van der Waals surface area (Å²) in [5, 5.41) is 0. The lowest BCUT2D eigenvalue weighted by molar-refractivity contribution is 0.110. The zero-order valence-electron chi connectivity index (χ0n) is 15.9. The minimum absolute atomic E-state index is 0.0199. The number of amides is 2. The Morgan fingerprint density at radius 2 is 1.62 bits per heavy atom.